The Kier molecular flexibility index (Phi) is 3.35. The van der Waals surface area contributed by atoms with Crippen LogP contribution >= 0.6 is 0 Å². The maximum Gasteiger partial charge on any atom is 0.0372 e. The van der Waals surface area contributed by atoms with Gasteiger partial charge in [-0.15, -0.1) is 0 Å². The van der Waals surface area contributed by atoms with Crippen LogP contribution in [0, 0.1) is 0 Å². The number of nitrogens with one attached hydrogen (secondary N) is 1. The lowest BCUT2D eigenvalue weighted by atomic mass is 9.94. The average molecular weight is 177 g/mol. The van der Waals surface area contributed by atoms with Crippen molar-refractivity contribution in [2.24, 2.45) is 0 Å². The Balaban J connectivity index is 3.19. The van der Waals surface area contributed by atoms with Gasteiger partial charge in [0, 0.05) is 12.7 Å². The zero-order valence-corrected chi connectivity index (χ0v) is 9.02. The molecule has 0 aliphatic rings. The minimum absolute atomic E-state index is 0.614. The first-order chi connectivity index (χ1) is 6.20. The van der Waals surface area contributed by atoms with E-state index in [0.29, 0.717) is 5.92 Å². The summed E-state index contributed by atoms with van der Waals surface area (Å²) in [4.78, 5) is 0. The number of benzene rings is 1. The van der Waals surface area contributed by atoms with E-state index in [0.717, 1.165) is 6.42 Å². The highest BCUT2D eigenvalue weighted by molar-refractivity contribution is 5.55. The first-order valence-electron chi connectivity index (χ1n) is 5.00. The van der Waals surface area contributed by atoms with E-state index in [1.165, 1.54) is 16.8 Å². The predicted molar refractivity (Wildman–Crippen MR) is 59.5 cm³/mol. The molecule has 0 heterocycles. The van der Waals surface area contributed by atoms with E-state index in [2.05, 4.69) is 44.3 Å². The Morgan fingerprint density at radius 1 is 1.31 bits per heavy atom. The third kappa shape index (κ3) is 2.03. The molecule has 1 rings (SSSR count). The van der Waals surface area contributed by atoms with Gasteiger partial charge in [-0.1, -0.05) is 32.9 Å². The fraction of sp³-hybridized carbons (Fsp3) is 0.500. The second-order valence-electron chi connectivity index (χ2n) is 3.63. The molecule has 1 heteroatoms. The molecule has 13 heavy (non-hydrogen) atoms. The maximum atomic E-state index is 3.24. The van der Waals surface area contributed by atoms with Gasteiger partial charge in [0.15, 0.2) is 0 Å². The van der Waals surface area contributed by atoms with E-state index >= 15 is 0 Å². The third-order valence-electron chi connectivity index (χ3n) is 2.46. The smallest absolute Gasteiger partial charge is 0.0372 e. The molecule has 72 valence electrons. The molecule has 1 nitrogen and oxygen atoms in total. The summed E-state index contributed by atoms with van der Waals surface area (Å²) in [5.74, 6) is 0.614. The second kappa shape index (κ2) is 4.31. The fourth-order valence-electron chi connectivity index (χ4n) is 1.77. The van der Waals surface area contributed by atoms with Crippen LogP contribution < -0.4 is 5.32 Å². The van der Waals surface area contributed by atoms with E-state index in [9.17, 15) is 0 Å². The van der Waals surface area contributed by atoms with Gasteiger partial charge in [-0.25, -0.2) is 0 Å². The summed E-state index contributed by atoms with van der Waals surface area (Å²) in [6, 6.07) is 6.50. The van der Waals surface area contributed by atoms with Crippen LogP contribution in [0.1, 0.15) is 37.8 Å². The second-order valence-corrected chi connectivity index (χ2v) is 3.63. The van der Waals surface area contributed by atoms with Crippen molar-refractivity contribution in [3.63, 3.8) is 0 Å². The molecule has 0 saturated heterocycles. The molecule has 0 spiro atoms. The average Bonchev–Trinajstić information content (AvgIpc) is 2.16. The molecular formula is C12H19N. The predicted octanol–water partition coefficient (Wildman–Crippen LogP) is 3.41. The van der Waals surface area contributed by atoms with E-state index in [1.807, 2.05) is 7.05 Å². The van der Waals surface area contributed by atoms with Gasteiger partial charge in [-0.3, -0.25) is 0 Å². The van der Waals surface area contributed by atoms with E-state index < -0.39 is 0 Å². The standard InChI is InChI=1S/C12H19N/c1-5-10-11(9(2)3)7-6-8-12(10)13-4/h6-9,13H,5H2,1-4H3. The molecule has 0 bridgehead atoms. The summed E-state index contributed by atoms with van der Waals surface area (Å²) in [5.41, 5.74) is 4.20. The summed E-state index contributed by atoms with van der Waals surface area (Å²) in [5, 5.41) is 3.24. The van der Waals surface area contributed by atoms with Crippen molar-refractivity contribution in [3.8, 4) is 0 Å². The molecule has 1 aromatic rings. The zero-order chi connectivity index (χ0) is 9.84. The summed E-state index contributed by atoms with van der Waals surface area (Å²) >= 11 is 0. The fourth-order valence-corrected chi connectivity index (χ4v) is 1.77. The number of rotatable bonds is 3. The molecule has 0 atom stereocenters. The van der Waals surface area contributed by atoms with Crippen molar-refractivity contribution in [1.82, 2.24) is 0 Å². The third-order valence-corrected chi connectivity index (χ3v) is 2.46. The minimum atomic E-state index is 0.614. The largest absolute Gasteiger partial charge is 0.388 e. The molecule has 0 aliphatic heterocycles. The van der Waals surface area contributed by atoms with Crippen LogP contribution in [0.2, 0.25) is 0 Å². The van der Waals surface area contributed by atoms with Crippen molar-refractivity contribution >= 4 is 5.69 Å². The Bertz CT molecular complexity index is 276. The minimum Gasteiger partial charge on any atom is -0.388 e. The first-order valence-corrected chi connectivity index (χ1v) is 5.00. The summed E-state index contributed by atoms with van der Waals surface area (Å²) in [7, 11) is 1.98. The summed E-state index contributed by atoms with van der Waals surface area (Å²) in [6.45, 7) is 6.70. The van der Waals surface area contributed by atoms with Gasteiger partial charge in [0.25, 0.3) is 0 Å². The van der Waals surface area contributed by atoms with E-state index in [4.69, 9.17) is 0 Å². The van der Waals surface area contributed by atoms with Crippen LogP contribution in [0.5, 0.6) is 0 Å². The molecule has 0 amide bonds. The molecule has 0 aliphatic carbocycles. The Morgan fingerprint density at radius 3 is 2.46 bits per heavy atom. The summed E-state index contributed by atoms with van der Waals surface area (Å²) < 4.78 is 0. The summed E-state index contributed by atoms with van der Waals surface area (Å²) in [6.07, 6.45) is 1.10. The monoisotopic (exact) mass is 177 g/mol. The van der Waals surface area contributed by atoms with Gasteiger partial charge < -0.3 is 5.32 Å². The molecule has 0 aromatic heterocycles. The lowest BCUT2D eigenvalue weighted by molar-refractivity contribution is 0.845. The highest BCUT2D eigenvalue weighted by Gasteiger charge is 2.07. The number of hydrogen-bond donors (Lipinski definition) is 1. The van der Waals surface area contributed by atoms with Crippen molar-refractivity contribution in [3.05, 3.63) is 29.3 Å². The maximum absolute atomic E-state index is 3.24. The van der Waals surface area contributed by atoms with Crippen LogP contribution in [0.25, 0.3) is 0 Å². The van der Waals surface area contributed by atoms with Gasteiger partial charge in [-0.05, 0) is 29.5 Å². The first kappa shape index (κ1) is 10.1. The van der Waals surface area contributed by atoms with Crippen LogP contribution in [-0.2, 0) is 6.42 Å². The normalized spacial score (nSPS) is 10.5. The highest BCUT2D eigenvalue weighted by Crippen LogP contribution is 2.26. The molecular weight excluding hydrogens is 158 g/mol. The van der Waals surface area contributed by atoms with E-state index in [1.54, 1.807) is 0 Å². The molecule has 0 saturated carbocycles. The van der Waals surface area contributed by atoms with Crippen molar-refractivity contribution in [2.75, 3.05) is 12.4 Å². The van der Waals surface area contributed by atoms with Crippen molar-refractivity contribution in [2.45, 2.75) is 33.1 Å². The van der Waals surface area contributed by atoms with Gasteiger partial charge in [0.05, 0.1) is 0 Å². The van der Waals surface area contributed by atoms with E-state index in [-0.39, 0.29) is 0 Å². The van der Waals surface area contributed by atoms with Crippen LogP contribution in [-0.4, -0.2) is 7.05 Å². The zero-order valence-electron chi connectivity index (χ0n) is 9.02. The van der Waals surface area contributed by atoms with Crippen LogP contribution in [0.4, 0.5) is 5.69 Å². The SMILES string of the molecule is CCc1c(NC)cccc1C(C)C. The highest BCUT2D eigenvalue weighted by atomic mass is 14.8. The molecule has 0 radical (unpaired) electrons. The lowest BCUT2D eigenvalue weighted by Crippen LogP contribution is -2.00. The van der Waals surface area contributed by atoms with Gasteiger partial charge >= 0.3 is 0 Å². The van der Waals surface area contributed by atoms with Gasteiger partial charge in [0.1, 0.15) is 0 Å². The number of anilines is 1. The number of hydrogen-bond acceptors (Lipinski definition) is 1. The Hall–Kier alpha value is -0.980. The Labute approximate surface area is 81.2 Å². The molecule has 1 N–H and O–H groups in total. The van der Waals surface area contributed by atoms with Crippen LogP contribution in [0.3, 0.4) is 0 Å². The quantitative estimate of drug-likeness (QED) is 0.746. The Morgan fingerprint density at radius 2 is 2.00 bits per heavy atom. The molecule has 0 fully saturated rings. The topological polar surface area (TPSA) is 12.0 Å². The van der Waals surface area contributed by atoms with Gasteiger partial charge in [-0.2, -0.15) is 0 Å². The van der Waals surface area contributed by atoms with Gasteiger partial charge in [0.2, 0.25) is 0 Å². The van der Waals surface area contributed by atoms with Crippen molar-refractivity contribution in [1.29, 1.82) is 0 Å². The van der Waals surface area contributed by atoms with Crippen LogP contribution in [0.15, 0.2) is 18.2 Å². The lowest BCUT2D eigenvalue weighted by Gasteiger charge is -2.15. The van der Waals surface area contributed by atoms with Crippen molar-refractivity contribution < 1.29 is 0 Å². The molecule has 1 aromatic carbocycles. The molecule has 0 unspecified atom stereocenters.